The number of anilines is 2. The lowest BCUT2D eigenvalue weighted by atomic mass is 10.3. The molecule has 20 heavy (non-hydrogen) atoms. The molecule has 0 radical (unpaired) electrons. The Morgan fingerprint density at radius 2 is 2.10 bits per heavy atom. The zero-order valence-corrected chi connectivity index (χ0v) is 12.1. The van der Waals surface area contributed by atoms with Gasteiger partial charge in [-0.3, -0.25) is 4.79 Å². The van der Waals surface area contributed by atoms with Gasteiger partial charge in [0.1, 0.15) is 0 Å². The highest BCUT2D eigenvalue weighted by Crippen LogP contribution is 2.24. The van der Waals surface area contributed by atoms with Crippen molar-refractivity contribution in [1.29, 1.82) is 0 Å². The second-order valence-electron chi connectivity index (χ2n) is 3.92. The van der Waals surface area contributed by atoms with Crippen LogP contribution in [0.25, 0.3) is 0 Å². The largest absolute Gasteiger partial charge is 0.399 e. The summed E-state index contributed by atoms with van der Waals surface area (Å²) in [5, 5.41) is 3.83. The summed E-state index contributed by atoms with van der Waals surface area (Å²) in [7, 11) is 0. The van der Waals surface area contributed by atoms with E-state index in [0.29, 0.717) is 33.7 Å². The number of amides is 1. The van der Waals surface area contributed by atoms with Crippen LogP contribution in [0.15, 0.2) is 41.8 Å². The molecule has 104 valence electrons. The average molecular weight is 309 g/mol. The Balaban J connectivity index is 1.81. The highest BCUT2D eigenvalue weighted by Gasteiger charge is 2.07. The number of benzene rings is 1. The molecule has 0 saturated heterocycles. The third kappa shape index (κ3) is 4.40. The second kappa shape index (κ2) is 7.12. The highest BCUT2D eigenvalue weighted by atomic mass is 35.5. The molecule has 0 aliphatic carbocycles. The van der Waals surface area contributed by atoms with Crippen molar-refractivity contribution in [2.45, 2.75) is 11.6 Å². The van der Waals surface area contributed by atoms with Crippen LogP contribution in [0.3, 0.4) is 0 Å². The summed E-state index contributed by atoms with van der Waals surface area (Å²) in [6.45, 7) is 0. The molecule has 0 aliphatic rings. The van der Waals surface area contributed by atoms with E-state index < -0.39 is 0 Å². The molecule has 0 atom stereocenters. The van der Waals surface area contributed by atoms with Crippen molar-refractivity contribution in [1.82, 2.24) is 9.97 Å². The van der Waals surface area contributed by atoms with E-state index in [1.807, 2.05) is 0 Å². The smallest absolute Gasteiger partial charge is 0.225 e. The van der Waals surface area contributed by atoms with Gasteiger partial charge in [0.15, 0.2) is 5.16 Å². The molecule has 0 unspecified atom stereocenters. The van der Waals surface area contributed by atoms with Gasteiger partial charge in [-0.1, -0.05) is 23.4 Å². The fourth-order valence-electron chi connectivity index (χ4n) is 1.44. The molecule has 7 heteroatoms. The predicted octanol–water partition coefficient (Wildman–Crippen LogP) is 2.83. The lowest BCUT2D eigenvalue weighted by Crippen LogP contribution is -2.12. The van der Waals surface area contributed by atoms with Crippen molar-refractivity contribution in [3.63, 3.8) is 0 Å². The van der Waals surface area contributed by atoms with Crippen LogP contribution in [0.1, 0.15) is 6.42 Å². The summed E-state index contributed by atoms with van der Waals surface area (Å²) < 4.78 is 0. The van der Waals surface area contributed by atoms with Gasteiger partial charge in [-0.05, 0) is 24.3 Å². The fraction of sp³-hybridized carbons (Fsp3) is 0.154. The van der Waals surface area contributed by atoms with Crippen LogP contribution in [0, 0.1) is 0 Å². The van der Waals surface area contributed by atoms with E-state index >= 15 is 0 Å². The predicted molar refractivity (Wildman–Crippen MR) is 81.9 cm³/mol. The van der Waals surface area contributed by atoms with E-state index in [1.54, 1.807) is 36.7 Å². The minimum atomic E-state index is -0.111. The summed E-state index contributed by atoms with van der Waals surface area (Å²) in [6, 6.07) is 6.72. The van der Waals surface area contributed by atoms with Gasteiger partial charge in [0.05, 0.1) is 10.7 Å². The zero-order valence-electron chi connectivity index (χ0n) is 10.5. The van der Waals surface area contributed by atoms with Gasteiger partial charge in [-0.15, -0.1) is 0 Å². The summed E-state index contributed by atoms with van der Waals surface area (Å²) in [4.78, 5) is 19.9. The van der Waals surface area contributed by atoms with Crippen LogP contribution in [0.4, 0.5) is 11.4 Å². The van der Waals surface area contributed by atoms with Gasteiger partial charge in [0.2, 0.25) is 5.91 Å². The third-order valence-electron chi connectivity index (χ3n) is 2.37. The number of aromatic nitrogens is 2. The number of hydrogen-bond donors (Lipinski definition) is 2. The van der Waals surface area contributed by atoms with Gasteiger partial charge >= 0.3 is 0 Å². The van der Waals surface area contributed by atoms with Crippen LogP contribution < -0.4 is 11.1 Å². The minimum absolute atomic E-state index is 0.111. The SMILES string of the molecule is Nc1ccc(NC(=O)CCSc2ncccn2)c(Cl)c1. The molecule has 1 amide bonds. The Hall–Kier alpha value is -1.79. The molecule has 3 N–H and O–H groups in total. The Morgan fingerprint density at radius 1 is 1.35 bits per heavy atom. The van der Waals surface area contributed by atoms with E-state index in [0.717, 1.165) is 0 Å². The van der Waals surface area contributed by atoms with Crippen LogP contribution in [-0.2, 0) is 4.79 Å². The molecule has 0 saturated carbocycles. The number of nitrogens with zero attached hydrogens (tertiary/aromatic N) is 2. The van der Waals surface area contributed by atoms with Gasteiger partial charge in [0.25, 0.3) is 0 Å². The molecule has 1 aromatic carbocycles. The van der Waals surface area contributed by atoms with Crippen LogP contribution in [0.2, 0.25) is 5.02 Å². The number of nitrogen functional groups attached to an aromatic ring is 1. The lowest BCUT2D eigenvalue weighted by molar-refractivity contribution is -0.115. The summed E-state index contributed by atoms with van der Waals surface area (Å²) >= 11 is 7.41. The topological polar surface area (TPSA) is 80.9 Å². The third-order valence-corrected chi connectivity index (χ3v) is 3.56. The summed E-state index contributed by atoms with van der Waals surface area (Å²) in [5.41, 5.74) is 6.71. The highest BCUT2D eigenvalue weighted by molar-refractivity contribution is 7.99. The number of nitrogens with two attached hydrogens (primary N) is 1. The molecule has 0 fully saturated rings. The molecule has 5 nitrogen and oxygen atoms in total. The first-order valence-electron chi connectivity index (χ1n) is 5.90. The van der Waals surface area contributed by atoms with Crippen molar-refractivity contribution >= 4 is 40.6 Å². The average Bonchev–Trinajstić information content (AvgIpc) is 2.43. The first-order chi connectivity index (χ1) is 9.65. The maximum Gasteiger partial charge on any atom is 0.225 e. The molecule has 0 aliphatic heterocycles. The number of hydrogen-bond acceptors (Lipinski definition) is 5. The minimum Gasteiger partial charge on any atom is -0.399 e. The molecule has 2 aromatic rings. The number of carbonyl (C=O) groups is 1. The Bertz CT molecular complexity index is 594. The molecular formula is C13H13ClN4OS. The fourth-order valence-corrected chi connectivity index (χ4v) is 2.42. The van der Waals surface area contributed by atoms with Crippen LogP contribution in [-0.4, -0.2) is 21.6 Å². The van der Waals surface area contributed by atoms with Crippen molar-refractivity contribution < 1.29 is 4.79 Å². The second-order valence-corrected chi connectivity index (χ2v) is 5.39. The van der Waals surface area contributed by atoms with E-state index in [1.165, 1.54) is 11.8 Å². The number of halogens is 1. The summed E-state index contributed by atoms with van der Waals surface area (Å²) in [5.74, 6) is 0.489. The molecular weight excluding hydrogens is 296 g/mol. The van der Waals surface area contributed by atoms with Gasteiger partial charge < -0.3 is 11.1 Å². The van der Waals surface area contributed by atoms with E-state index in [4.69, 9.17) is 17.3 Å². The maximum absolute atomic E-state index is 11.8. The molecule has 0 spiro atoms. The van der Waals surface area contributed by atoms with Crippen LogP contribution >= 0.6 is 23.4 Å². The summed E-state index contributed by atoms with van der Waals surface area (Å²) in [6.07, 6.45) is 3.69. The number of carbonyl (C=O) groups excluding carboxylic acids is 1. The van der Waals surface area contributed by atoms with Gasteiger partial charge in [0, 0.05) is 30.3 Å². The number of nitrogens with one attached hydrogen (secondary N) is 1. The van der Waals surface area contributed by atoms with Gasteiger partial charge in [-0.2, -0.15) is 0 Å². The molecule has 1 heterocycles. The van der Waals surface area contributed by atoms with Crippen molar-refractivity contribution in [3.05, 3.63) is 41.7 Å². The normalized spacial score (nSPS) is 10.2. The quantitative estimate of drug-likeness (QED) is 0.504. The number of thioether (sulfide) groups is 1. The number of rotatable bonds is 5. The van der Waals surface area contributed by atoms with Crippen molar-refractivity contribution in [2.75, 3.05) is 16.8 Å². The van der Waals surface area contributed by atoms with Crippen molar-refractivity contribution in [3.8, 4) is 0 Å². The Morgan fingerprint density at radius 3 is 2.80 bits per heavy atom. The maximum atomic E-state index is 11.8. The van der Waals surface area contributed by atoms with E-state index in [2.05, 4.69) is 15.3 Å². The first-order valence-corrected chi connectivity index (χ1v) is 7.26. The van der Waals surface area contributed by atoms with Gasteiger partial charge in [-0.25, -0.2) is 9.97 Å². The standard InChI is InChI=1S/C13H13ClN4OS/c14-10-8-9(15)2-3-11(10)18-12(19)4-7-20-13-16-5-1-6-17-13/h1-3,5-6,8H,4,7,15H2,(H,18,19). The lowest BCUT2D eigenvalue weighted by Gasteiger charge is -2.07. The molecule has 0 bridgehead atoms. The molecule has 2 rings (SSSR count). The Labute approximate surface area is 126 Å². The van der Waals surface area contributed by atoms with Crippen molar-refractivity contribution in [2.24, 2.45) is 0 Å². The zero-order chi connectivity index (χ0) is 14.4. The van der Waals surface area contributed by atoms with E-state index in [9.17, 15) is 4.79 Å². The van der Waals surface area contributed by atoms with Crippen LogP contribution in [0.5, 0.6) is 0 Å². The van der Waals surface area contributed by atoms with E-state index in [-0.39, 0.29) is 5.91 Å². The molecule has 1 aromatic heterocycles. The monoisotopic (exact) mass is 308 g/mol. The Kier molecular flexibility index (Phi) is 5.20. The first kappa shape index (κ1) is 14.6.